The van der Waals surface area contributed by atoms with Crippen molar-refractivity contribution in [3.63, 3.8) is 0 Å². The maximum Gasteiger partial charge on any atom is 0.223 e. The van der Waals surface area contributed by atoms with E-state index in [2.05, 4.69) is 25.0 Å². The summed E-state index contributed by atoms with van der Waals surface area (Å²) in [5, 5.41) is 4.08. The zero-order valence-electron chi connectivity index (χ0n) is 15.0. The number of aromatic nitrogens is 4. The fourth-order valence-corrected chi connectivity index (χ4v) is 4.11. The van der Waals surface area contributed by atoms with E-state index in [0.717, 1.165) is 44.1 Å². The number of hydrogen-bond acceptors (Lipinski definition) is 6. The molecule has 2 fully saturated rings. The van der Waals surface area contributed by atoms with E-state index >= 15 is 0 Å². The highest BCUT2D eigenvalue weighted by atomic mass is 16.5. The van der Waals surface area contributed by atoms with Crippen molar-refractivity contribution < 1.29 is 4.52 Å². The van der Waals surface area contributed by atoms with Crippen LogP contribution in [0.5, 0.6) is 0 Å². The topological polar surface area (TPSA) is 67.9 Å². The average molecular weight is 341 g/mol. The third-order valence-corrected chi connectivity index (χ3v) is 5.60. The number of piperidine rings is 1. The Morgan fingerprint density at radius 1 is 0.960 bits per heavy atom. The molecule has 0 unspecified atom stereocenters. The Hall–Kier alpha value is -1.82. The van der Waals surface area contributed by atoms with Gasteiger partial charge in [0, 0.05) is 43.3 Å². The summed E-state index contributed by atoms with van der Waals surface area (Å²) in [5.74, 6) is 3.59. The predicted octanol–water partition coefficient (Wildman–Crippen LogP) is 3.60. The van der Waals surface area contributed by atoms with Crippen molar-refractivity contribution in [2.45, 2.75) is 70.3 Å². The Balaban J connectivity index is 1.29. The first-order valence-corrected chi connectivity index (χ1v) is 9.61. The van der Waals surface area contributed by atoms with Crippen molar-refractivity contribution in [3.8, 4) is 0 Å². The van der Waals surface area contributed by atoms with Gasteiger partial charge in [0.05, 0.1) is 0 Å². The molecular formula is C19H27N5O. The molecular weight excluding hydrogens is 314 g/mol. The minimum Gasteiger partial charge on any atom is -0.340 e. The van der Waals surface area contributed by atoms with E-state index in [0.29, 0.717) is 17.7 Å². The second-order valence-corrected chi connectivity index (χ2v) is 7.51. The highest BCUT2D eigenvalue weighted by Gasteiger charge is 2.24. The molecule has 0 bridgehead atoms. The number of aryl methyl sites for hydroxylation is 1. The summed E-state index contributed by atoms with van der Waals surface area (Å²) in [6.07, 6.45) is 12.8. The van der Waals surface area contributed by atoms with Crippen molar-refractivity contribution in [2.75, 3.05) is 13.1 Å². The van der Waals surface area contributed by atoms with Gasteiger partial charge in [0.1, 0.15) is 5.82 Å². The molecule has 2 aliphatic rings. The zero-order valence-corrected chi connectivity index (χ0v) is 15.0. The maximum atomic E-state index is 5.11. The van der Waals surface area contributed by atoms with E-state index in [1.165, 1.54) is 37.7 Å². The van der Waals surface area contributed by atoms with Crippen molar-refractivity contribution in [2.24, 2.45) is 0 Å². The van der Waals surface area contributed by atoms with Gasteiger partial charge in [0.2, 0.25) is 5.89 Å². The second kappa shape index (κ2) is 7.60. The molecule has 6 heteroatoms. The first kappa shape index (κ1) is 16.6. The summed E-state index contributed by atoms with van der Waals surface area (Å²) in [6, 6.07) is 0. The van der Waals surface area contributed by atoms with Crippen LogP contribution in [0.4, 0.5) is 0 Å². The molecule has 0 aromatic carbocycles. The molecule has 0 amide bonds. The lowest BCUT2D eigenvalue weighted by Gasteiger charge is -2.30. The minimum atomic E-state index is 0.429. The largest absolute Gasteiger partial charge is 0.340 e. The van der Waals surface area contributed by atoms with Gasteiger partial charge in [-0.25, -0.2) is 9.97 Å². The van der Waals surface area contributed by atoms with Crippen LogP contribution in [0, 0.1) is 6.92 Å². The molecule has 6 nitrogen and oxygen atoms in total. The molecule has 0 spiro atoms. The highest BCUT2D eigenvalue weighted by molar-refractivity contribution is 5.08. The Morgan fingerprint density at radius 3 is 2.28 bits per heavy atom. The lowest BCUT2D eigenvalue weighted by Crippen LogP contribution is -2.32. The monoisotopic (exact) mass is 341 g/mol. The summed E-state index contributed by atoms with van der Waals surface area (Å²) >= 11 is 0. The van der Waals surface area contributed by atoms with E-state index in [1.54, 1.807) is 0 Å². The summed E-state index contributed by atoms with van der Waals surface area (Å²) in [5.41, 5.74) is 1.22. The Kier molecular flexibility index (Phi) is 5.06. The SMILES string of the molecule is Cc1nc(C2CCN(Cc3cnc(C4CCCCC4)nc3)CC2)no1. The summed E-state index contributed by atoms with van der Waals surface area (Å²) < 4.78 is 5.11. The third kappa shape index (κ3) is 4.06. The number of likely N-dealkylation sites (tertiary alicyclic amines) is 1. The molecule has 1 aliphatic heterocycles. The molecule has 1 aliphatic carbocycles. The molecule has 1 saturated carbocycles. The van der Waals surface area contributed by atoms with E-state index in [4.69, 9.17) is 4.52 Å². The average Bonchev–Trinajstić information content (AvgIpc) is 3.10. The van der Waals surface area contributed by atoms with Gasteiger partial charge in [0.15, 0.2) is 5.82 Å². The van der Waals surface area contributed by atoms with E-state index in [-0.39, 0.29) is 0 Å². The molecule has 2 aromatic rings. The van der Waals surface area contributed by atoms with Crippen LogP contribution in [-0.4, -0.2) is 38.1 Å². The van der Waals surface area contributed by atoms with Gasteiger partial charge in [0.25, 0.3) is 0 Å². The number of hydrogen-bond donors (Lipinski definition) is 0. The van der Waals surface area contributed by atoms with Gasteiger partial charge >= 0.3 is 0 Å². The maximum absolute atomic E-state index is 5.11. The zero-order chi connectivity index (χ0) is 17.1. The van der Waals surface area contributed by atoms with Crippen LogP contribution >= 0.6 is 0 Å². The molecule has 0 atom stereocenters. The van der Waals surface area contributed by atoms with Gasteiger partial charge in [-0.1, -0.05) is 24.4 Å². The second-order valence-electron chi connectivity index (χ2n) is 7.51. The van der Waals surface area contributed by atoms with Gasteiger partial charge in [-0.3, -0.25) is 4.90 Å². The van der Waals surface area contributed by atoms with E-state index < -0.39 is 0 Å². The molecule has 2 aromatic heterocycles. The molecule has 0 radical (unpaired) electrons. The minimum absolute atomic E-state index is 0.429. The van der Waals surface area contributed by atoms with Gasteiger partial charge in [-0.2, -0.15) is 4.98 Å². The van der Waals surface area contributed by atoms with Crippen molar-refractivity contribution >= 4 is 0 Å². The molecule has 4 rings (SSSR count). The van der Waals surface area contributed by atoms with Crippen molar-refractivity contribution in [1.82, 2.24) is 25.0 Å². The van der Waals surface area contributed by atoms with Crippen molar-refractivity contribution in [1.29, 1.82) is 0 Å². The lowest BCUT2D eigenvalue weighted by atomic mass is 9.89. The molecule has 134 valence electrons. The summed E-state index contributed by atoms with van der Waals surface area (Å²) in [4.78, 5) is 16.2. The quantitative estimate of drug-likeness (QED) is 0.846. The Morgan fingerprint density at radius 2 is 1.64 bits per heavy atom. The highest BCUT2D eigenvalue weighted by Crippen LogP contribution is 2.30. The van der Waals surface area contributed by atoms with Gasteiger partial charge in [-0.05, 0) is 38.8 Å². The van der Waals surface area contributed by atoms with Crippen LogP contribution in [0.3, 0.4) is 0 Å². The smallest absolute Gasteiger partial charge is 0.223 e. The van der Waals surface area contributed by atoms with E-state index in [1.807, 2.05) is 19.3 Å². The molecule has 3 heterocycles. The van der Waals surface area contributed by atoms with Crippen LogP contribution in [0.15, 0.2) is 16.9 Å². The van der Waals surface area contributed by atoms with Crippen LogP contribution in [0.1, 0.15) is 79.9 Å². The van der Waals surface area contributed by atoms with Crippen LogP contribution in [0.25, 0.3) is 0 Å². The molecule has 1 saturated heterocycles. The van der Waals surface area contributed by atoms with E-state index in [9.17, 15) is 0 Å². The number of rotatable bonds is 4. The first-order valence-electron chi connectivity index (χ1n) is 9.61. The normalized spacial score (nSPS) is 20.8. The summed E-state index contributed by atoms with van der Waals surface area (Å²) in [7, 11) is 0. The summed E-state index contributed by atoms with van der Waals surface area (Å²) in [6.45, 7) is 4.90. The van der Waals surface area contributed by atoms with Crippen LogP contribution in [0.2, 0.25) is 0 Å². The Bertz CT molecular complexity index is 669. The fraction of sp³-hybridized carbons (Fsp3) is 0.684. The first-order chi connectivity index (χ1) is 12.3. The number of nitrogens with zero attached hydrogens (tertiary/aromatic N) is 5. The van der Waals surface area contributed by atoms with Crippen molar-refractivity contribution in [3.05, 3.63) is 35.5 Å². The molecule has 25 heavy (non-hydrogen) atoms. The van der Waals surface area contributed by atoms with Gasteiger partial charge < -0.3 is 4.52 Å². The van der Waals surface area contributed by atoms with Crippen LogP contribution < -0.4 is 0 Å². The predicted molar refractivity (Wildman–Crippen MR) is 94.1 cm³/mol. The third-order valence-electron chi connectivity index (χ3n) is 5.60. The molecule has 0 N–H and O–H groups in total. The standard InChI is InChI=1S/C19H27N5O/c1-14-22-19(23-25-14)17-7-9-24(10-8-17)13-15-11-20-18(21-12-15)16-5-3-2-4-6-16/h11-12,16-17H,2-10,13H2,1H3. The van der Waals surface area contributed by atoms with Crippen LogP contribution in [-0.2, 0) is 6.54 Å². The fourth-order valence-electron chi connectivity index (χ4n) is 4.11. The van der Waals surface area contributed by atoms with Gasteiger partial charge in [-0.15, -0.1) is 0 Å². The Labute approximate surface area is 149 Å². The lowest BCUT2D eigenvalue weighted by molar-refractivity contribution is 0.199.